The third-order valence-corrected chi connectivity index (χ3v) is 3.64. The highest BCUT2D eigenvalue weighted by Crippen LogP contribution is 2.33. The quantitative estimate of drug-likeness (QED) is 0.716. The summed E-state index contributed by atoms with van der Waals surface area (Å²) in [7, 11) is 0. The molecule has 2 amide bonds. The first kappa shape index (κ1) is 10.5. The fourth-order valence-corrected chi connectivity index (χ4v) is 2.71. The van der Waals surface area contributed by atoms with E-state index < -0.39 is 0 Å². The van der Waals surface area contributed by atoms with Crippen molar-refractivity contribution in [1.82, 2.24) is 4.90 Å². The standard InChI is InChI=1S/C13H10ClNO2/c14-10-6-3-7-11(10)15-12(16)8-4-1-2-5-9(8)13(15)17/h1-2,4-6,11H,3,7H2/t11-/m1/s1. The zero-order chi connectivity index (χ0) is 12.0. The summed E-state index contributed by atoms with van der Waals surface area (Å²) in [6, 6.07) is 6.62. The molecule has 17 heavy (non-hydrogen) atoms. The van der Waals surface area contributed by atoms with Crippen molar-refractivity contribution < 1.29 is 9.59 Å². The minimum absolute atomic E-state index is 0.232. The Morgan fingerprint density at radius 3 is 2.18 bits per heavy atom. The fourth-order valence-electron chi connectivity index (χ4n) is 2.40. The lowest BCUT2D eigenvalue weighted by atomic mass is 10.1. The van der Waals surface area contributed by atoms with Crippen molar-refractivity contribution in [3.63, 3.8) is 0 Å². The monoisotopic (exact) mass is 247 g/mol. The fraction of sp³-hybridized carbons (Fsp3) is 0.231. The lowest BCUT2D eigenvalue weighted by Crippen LogP contribution is -2.38. The molecule has 0 radical (unpaired) electrons. The second-order valence-corrected chi connectivity index (χ2v) is 4.64. The number of rotatable bonds is 1. The van der Waals surface area contributed by atoms with Gasteiger partial charge in [-0.3, -0.25) is 14.5 Å². The second kappa shape index (κ2) is 3.70. The molecule has 1 atom stereocenters. The number of hydrogen-bond donors (Lipinski definition) is 0. The molecule has 0 spiro atoms. The lowest BCUT2D eigenvalue weighted by molar-refractivity contribution is 0.0612. The summed E-state index contributed by atoms with van der Waals surface area (Å²) in [5.41, 5.74) is 0.961. The molecule has 3 nitrogen and oxygen atoms in total. The number of nitrogens with zero attached hydrogens (tertiary/aromatic N) is 1. The van der Waals surface area contributed by atoms with E-state index in [1.165, 1.54) is 4.90 Å². The second-order valence-electron chi connectivity index (χ2n) is 4.21. The van der Waals surface area contributed by atoms with E-state index in [1.54, 1.807) is 24.3 Å². The number of benzene rings is 1. The van der Waals surface area contributed by atoms with E-state index >= 15 is 0 Å². The van der Waals surface area contributed by atoms with Crippen LogP contribution in [-0.4, -0.2) is 22.8 Å². The van der Waals surface area contributed by atoms with Gasteiger partial charge in [0.25, 0.3) is 11.8 Å². The van der Waals surface area contributed by atoms with E-state index in [-0.39, 0.29) is 17.9 Å². The minimum Gasteiger partial charge on any atom is -0.269 e. The molecule has 0 aromatic heterocycles. The van der Waals surface area contributed by atoms with Crippen LogP contribution in [0.3, 0.4) is 0 Å². The Morgan fingerprint density at radius 2 is 1.71 bits per heavy atom. The highest BCUT2D eigenvalue weighted by Gasteiger charge is 2.41. The van der Waals surface area contributed by atoms with Crippen molar-refractivity contribution >= 4 is 23.4 Å². The van der Waals surface area contributed by atoms with Crippen LogP contribution in [0.2, 0.25) is 0 Å². The first-order valence-corrected chi connectivity index (χ1v) is 5.90. The van der Waals surface area contributed by atoms with Crippen LogP contribution in [0, 0.1) is 0 Å². The van der Waals surface area contributed by atoms with E-state index in [0.717, 1.165) is 12.8 Å². The van der Waals surface area contributed by atoms with Gasteiger partial charge in [-0.2, -0.15) is 0 Å². The van der Waals surface area contributed by atoms with Gasteiger partial charge in [0.15, 0.2) is 0 Å². The number of carbonyl (C=O) groups is 2. The molecule has 2 aliphatic rings. The predicted molar refractivity (Wildman–Crippen MR) is 63.9 cm³/mol. The Hall–Kier alpha value is -1.61. The average Bonchev–Trinajstić information content (AvgIpc) is 2.84. The average molecular weight is 248 g/mol. The summed E-state index contributed by atoms with van der Waals surface area (Å²) in [6.07, 6.45) is 3.41. The molecule has 0 N–H and O–H groups in total. The van der Waals surface area contributed by atoms with Crippen molar-refractivity contribution in [3.8, 4) is 0 Å². The Morgan fingerprint density at radius 1 is 1.12 bits per heavy atom. The molecule has 0 bridgehead atoms. The van der Waals surface area contributed by atoms with Crippen molar-refractivity contribution in [2.75, 3.05) is 0 Å². The van der Waals surface area contributed by atoms with Gasteiger partial charge in [0.2, 0.25) is 0 Å². The molecular formula is C13H10ClNO2. The van der Waals surface area contributed by atoms with E-state index in [1.807, 2.05) is 6.08 Å². The maximum Gasteiger partial charge on any atom is 0.262 e. The molecule has 86 valence electrons. The highest BCUT2D eigenvalue weighted by atomic mass is 35.5. The van der Waals surface area contributed by atoms with Crippen LogP contribution in [0.15, 0.2) is 35.4 Å². The van der Waals surface area contributed by atoms with Gasteiger partial charge in [-0.25, -0.2) is 0 Å². The first-order chi connectivity index (χ1) is 8.20. The third-order valence-electron chi connectivity index (χ3n) is 3.23. The van der Waals surface area contributed by atoms with E-state index in [4.69, 9.17) is 11.6 Å². The number of amides is 2. The maximum atomic E-state index is 12.2. The molecule has 1 aliphatic heterocycles. The molecule has 1 aromatic carbocycles. The molecule has 0 saturated heterocycles. The first-order valence-electron chi connectivity index (χ1n) is 5.52. The summed E-state index contributed by atoms with van der Waals surface area (Å²) < 4.78 is 0. The number of fused-ring (bicyclic) bond motifs is 1. The number of allylic oxidation sites excluding steroid dienone is 1. The SMILES string of the molecule is O=C1c2ccccc2C(=O)N1[C@@H]1CCC=C1Cl. The molecule has 1 aliphatic carbocycles. The molecule has 1 heterocycles. The molecule has 3 rings (SSSR count). The van der Waals surface area contributed by atoms with Crippen LogP contribution in [0.1, 0.15) is 33.6 Å². The molecule has 4 heteroatoms. The van der Waals surface area contributed by atoms with Crippen molar-refractivity contribution in [1.29, 1.82) is 0 Å². The molecule has 0 unspecified atom stereocenters. The van der Waals surface area contributed by atoms with Gasteiger partial charge in [-0.1, -0.05) is 29.8 Å². The summed E-state index contributed by atoms with van der Waals surface area (Å²) in [6.45, 7) is 0. The molecular weight excluding hydrogens is 238 g/mol. The molecule has 0 saturated carbocycles. The summed E-state index contributed by atoms with van der Waals surface area (Å²) in [5.74, 6) is -0.465. The van der Waals surface area contributed by atoms with Crippen molar-refractivity contribution in [2.45, 2.75) is 18.9 Å². The van der Waals surface area contributed by atoms with Crippen molar-refractivity contribution in [2.24, 2.45) is 0 Å². The van der Waals surface area contributed by atoms with Gasteiger partial charge in [0.05, 0.1) is 17.2 Å². The van der Waals surface area contributed by atoms with Crippen LogP contribution < -0.4 is 0 Å². The number of hydrogen-bond acceptors (Lipinski definition) is 2. The lowest BCUT2D eigenvalue weighted by Gasteiger charge is -2.22. The third kappa shape index (κ3) is 1.42. The van der Waals surface area contributed by atoms with Gasteiger partial charge < -0.3 is 0 Å². The van der Waals surface area contributed by atoms with Crippen LogP contribution in [0.25, 0.3) is 0 Å². The van der Waals surface area contributed by atoms with Crippen LogP contribution in [0.5, 0.6) is 0 Å². The number of imide groups is 1. The predicted octanol–water partition coefficient (Wildman–Crippen LogP) is 2.57. The number of halogens is 1. The zero-order valence-corrected chi connectivity index (χ0v) is 9.78. The summed E-state index contributed by atoms with van der Waals surface area (Å²) >= 11 is 6.05. The smallest absolute Gasteiger partial charge is 0.262 e. The zero-order valence-electron chi connectivity index (χ0n) is 9.02. The van der Waals surface area contributed by atoms with E-state index in [2.05, 4.69) is 0 Å². The van der Waals surface area contributed by atoms with Crippen LogP contribution in [-0.2, 0) is 0 Å². The normalized spacial score (nSPS) is 23.0. The van der Waals surface area contributed by atoms with E-state index in [9.17, 15) is 9.59 Å². The Labute approximate surface area is 104 Å². The Bertz CT molecular complexity index is 515. The summed E-state index contributed by atoms with van der Waals surface area (Å²) in [5, 5.41) is 0.597. The van der Waals surface area contributed by atoms with Gasteiger partial charge >= 0.3 is 0 Å². The van der Waals surface area contributed by atoms with Crippen LogP contribution in [0.4, 0.5) is 0 Å². The minimum atomic E-state index is -0.274. The van der Waals surface area contributed by atoms with E-state index in [0.29, 0.717) is 16.2 Å². The molecule has 1 aromatic rings. The number of carbonyl (C=O) groups excluding carboxylic acids is 2. The van der Waals surface area contributed by atoms with Gasteiger partial charge in [0, 0.05) is 5.03 Å². The topological polar surface area (TPSA) is 37.4 Å². The summed E-state index contributed by atoms with van der Waals surface area (Å²) in [4.78, 5) is 25.6. The van der Waals surface area contributed by atoms with Crippen molar-refractivity contribution in [3.05, 3.63) is 46.5 Å². The van der Waals surface area contributed by atoms with Crippen LogP contribution >= 0.6 is 11.6 Å². The highest BCUT2D eigenvalue weighted by molar-refractivity contribution is 6.31. The Balaban J connectivity index is 2.04. The van der Waals surface area contributed by atoms with Gasteiger partial charge in [-0.15, -0.1) is 0 Å². The largest absolute Gasteiger partial charge is 0.269 e. The molecule has 0 fully saturated rings. The maximum absolute atomic E-state index is 12.2. The van der Waals surface area contributed by atoms with Gasteiger partial charge in [0.1, 0.15) is 0 Å². The Kier molecular flexibility index (Phi) is 2.30. The van der Waals surface area contributed by atoms with Gasteiger partial charge in [-0.05, 0) is 25.0 Å².